The van der Waals surface area contributed by atoms with Crippen molar-refractivity contribution in [1.29, 1.82) is 0 Å². The molecule has 0 aromatic carbocycles. The van der Waals surface area contributed by atoms with Crippen LogP contribution < -0.4 is 0 Å². The van der Waals surface area contributed by atoms with Crippen molar-refractivity contribution in [3.8, 4) is 0 Å². The maximum absolute atomic E-state index is 12.8. The third kappa shape index (κ3) is 44.0. The molecule has 0 aliphatic carbocycles. The maximum atomic E-state index is 12.8. The van der Waals surface area contributed by atoms with Gasteiger partial charge in [-0.05, 0) is 31.1 Å². The second-order valence-corrected chi connectivity index (χ2v) is 18.5. The van der Waals surface area contributed by atoms with E-state index in [9.17, 15) is 14.4 Å². The molecule has 0 heterocycles. The first kappa shape index (κ1) is 56.4. The number of ether oxygens (including phenoxy) is 3. The van der Waals surface area contributed by atoms with Crippen LogP contribution in [0.5, 0.6) is 0 Å². The average Bonchev–Trinajstić information content (AvgIpc) is 3.21. The lowest BCUT2D eigenvalue weighted by Crippen LogP contribution is -2.30. The Kier molecular flexibility index (Phi) is 43.7. The highest BCUT2D eigenvalue weighted by Gasteiger charge is 2.19. The predicted octanol–water partition coefficient (Wildman–Crippen LogP) is 16.5. The topological polar surface area (TPSA) is 78.9 Å². The molecule has 0 rings (SSSR count). The zero-order valence-electron chi connectivity index (χ0n) is 39.7. The van der Waals surface area contributed by atoms with E-state index >= 15 is 0 Å². The van der Waals surface area contributed by atoms with Crippen LogP contribution in [-0.2, 0) is 28.6 Å². The van der Waals surface area contributed by atoms with Crippen LogP contribution in [0, 0.1) is 11.8 Å². The molecule has 0 aliphatic heterocycles. The van der Waals surface area contributed by atoms with Gasteiger partial charge in [-0.2, -0.15) is 0 Å². The van der Waals surface area contributed by atoms with Crippen LogP contribution in [0.25, 0.3) is 0 Å². The molecule has 0 aliphatic rings. The lowest BCUT2D eigenvalue weighted by molar-refractivity contribution is -0.167. The van der Waals surface area contributed by atoms with Gasteiger partial charge in [0.1, 0.15) is 13.2 Å². The summed E-state index contributed by atoms with van der Waals surface area (Å²) >= 11 is 0. The molecule has 0 fully saturated rings. The fourth-order valence-electron chi connectivity index (χ4n) is 7.78. The Morgan fingerprint density at radius 3 is 0.983 bits per heavy atom. The largest absolute Gasteiger partial charge is 0.462 e. The summed E-state index contributed by atoms with van der Waals surface area (Å²) in [4.78, 5) is 37.9. The zero-order chi connectivity index (χ0) is 42.6. The summed E-state index contributed by atoms with van der Waals surface area (Å²) < 4.78 is 16.8. The highest BCUT2D eigenvalue weighted by atomic mass is 16.6. The molecular weight excluding hydrogens is 721 g/mol. The monoisotopic (exact) mass is 821 g/mol. The minimum atomic E-state index is -0.762. The zero-order valence-corrected chi connectivity index (χ0v) is 39.7. The van der Waals surface area contributed by atoms with E-state index in [2.05, 4.69) is 34.6 Å². The van der Waals surface area contributed by atoms with Gasteiger partial charge in [-0.3, -0.25) is 14.4 Å². The van der Waals surface area contributed by atoms with Gasteiger partial charge in [-0.25, -0.2) is 0 Å². The van der Waals surface area contributed by atoms with Crippen LogP contribution in [0.4, 0.5) is 0 Å². The second-order valence-electron chi connectivity index (χ2n) is 18.5. The molecule has 0 saturated heterocycles. The van der Waals surface area contributed by atoms with E-state index in [1.807, 2.05) is 0 Å². The molecule has 0 N–H and O–H groups in total. The number of esters is 3. The first-order chi connectivity index (χ1) is 28.3. The molecule has 344 valence electrons. The minimum absolute atomic E-state index is 0.0643. The van der Waals surface area contributed by atoms with Crippen molar-refractivity contribution >= 4 is 17.9 Å². The Bertz CT molecular complexity index is 887. The summed E-state index contributed by atoms with van der Waals surface area (Å²) in [5, 5.41) is 0. The quantitative estimate of drug-likeness (QED) is 0.0346. The number of rotatable bonds is 46. The Morgan fingerprint density at radius 1 is 0.362 bits per heavy atom. The normalized spacial score (nSPS) is 12.5. The third-order valence-electron chi connectivity index (χ3n) is 12.1. The Hall–Kier alpha value is -1.59. The van der Waals surface area contributed by atoms with Gasteiger partial charge in [0.15, 0.2) is 6.10 Å². The minimum Gasteiger partial charge on any atom is -0.462 e. The summed E-state index contributed by atoms with van der Waals surface area (Å²) in [5.74, 6) is 0.803. The van der Waals surface area contributed by atoms with E-state index in [-0.39, 0.29) is 31.1 Å². The van der Waals surface area contributed by atoms with Gasteiger partial charge in [-0.15, -0.1) is 0 Å². The van der Waals surface area contributed by atoms with Gasteiger partial charge in [0.25, 0.3) is 0 Å². The van der Waals surface area contributed by atoms with Crippen LogP contribution in [0.15, 0.2) is 0 Å². The number of unbranched alkanes of at least 4 members (excludes halogenated alkanes) is 30. The number of hydrogen-bond donors (Lipinski definition) is 0. The summed E-state index contributed by atoms with van der Waals surface area (Å²) in [6.45, 7) is 11.4. The molecule has 0 aromatic heterocycles. The molecule has 0 amide bonds. The van der Waals surface area contributed by atoms with Crippen LogP contribution >= 0.6 is 0 Å². The van der Waals surface area contributed by atoms with E-state index < -0.39 is 6.10 Å². The fourth-order valence-corrected chi connectivity index (χ4v) is 7.78. The van der Waals surface area contributed by atoms with Crippen molar-refractivity contribution in [1.82, 2.24) is 0 Å². The van der Waals surface area contributed by atoms with Gasteiger partial charge in [0.05, 0.1) is 0 Å². The smallest absolute Gasteiger partial charge is 0.306 e. The standard InChI is InChI=1S/C52H100O6/c1-6-8-9-10-11-12-13-14-17-21-24-27-34-39-44-52(55)58-49(46-57-51(54)43-38-33-29-28-31-36-41-48(5)7-2)45-56-50(53)42-37-32-26-23-20-18-15-16-19-22-25-30-35-40-47(3)4/h47-49H,6-46H2,1-5H3/t48?,49-/m1/s1. The molecule has 2 atom stereocenters. The molecule has 0 saturated carbocycles. The average molecular weight is 821 g/mol. The van der Waals surface area contributed by atoms with E-state index in [0.717, 1.165) is 69.6 Å². The van der Waals surface area contributed by atoms with Gasteiger partial charge < -0.3 is 14.2 Å². The summed E-state index contributed by atoms with van der Waals surface area (Å²) in [6.07, 6.45) is 45.2. The summed E-state index contributed by atoms with van der Waals surface area (Å²) in [5.41, 5.74) is 0. The lowest BCUT2D eigenvalue weighted by Gasteiger charge is -2.18. The van der Waals surface area contributed by atoms with E-state index in [0.29, 0.717) is 19.3 Å². The lowest BCUT2D eigenvalue weighted by atomic mass is 10.00. The van der Waals surface area contributed by atoms with Crippen molar-refractivity contribution in [3.63, 3.8) is 0 Å². The fraction of sp³-hybridized carbons (Fsp3) is 0.942. The molecule has 0 bridgehead atoms. The van der Waals surface area contributed by atoms with Crippen LogP contribution in [0.1, 0.15) is 285 Å². The predicted molar refractivity (Wildman–Crippen MR) is 247 cm³/mol. The van der Waals surface area contributed by atoms with Gasteiger partial charge in [0, 0.05) is 19.3 Å². The van der Waals surface area contributed by atoms with Crippen molar-refractivity contribution in [3.05, 3.63) is 0 Å². The molecule has 6 heteroatoms. The van der Waals surface area contributed by atoms with Gasteiger partial charge in [0.2, 0.25) is 0 Å². The third-order valence-corrected chi connectivity index (χ3v) is 12.1. The van der Waals surface area contributed by atoms with Crippen molar-refractivity contribution in [2.45, 2.75) is 291 Å². The van der Waals surface area contributed by atoms with Crippen molar-refractivity contribution in [2.24, 2.45) is 11.8 Å². The number of carbonyl (C=O) groups is 3. The van der Waals surface area contributed by atoms with Gasteiger partial charge in [-0.1, -0.05) is 247 Å². The highest BCUT2D eigenvalue weighted by molar-refractivity contribution is 5.71. The molecule has 0 radical (unpaired) electrons. The van der Waals surface area contributed by atoms with Crippen LogP contribution in [0.3, 0.4) is 0 Å². The Labute approximate surface area is 361 Å². The number of hydrogen-bond acceptors (Lipinski definition) is 6. The Morgan fingerprint density at radius 2 is 0.655 bits per heavy atom. The number of carbonyl (C=O) groups excluding carboxylic acids is 3. The van der Waals surface area contributed by atoms with Crippen molar-refractivity contribution in [2.75, 3.05) is 13.2 Å². The molecule has 1 unspecified atom stereocenters. The van der Waals surface area contributed by atoms with Crippen LogP contribution in [0.2, 0.25) is 0 Å². The molecule has 0 aromatic rings. The first-order valence-electron chi connectivity index (χ1n) is 25.8. The van der Waals surface area contributed by atoms with Crippen LogP contribution in [-0.4, -0.2) is 37.2 Å². The van der Waals surface area contributed by atoms with Crippen molar-refractivity contribution < 1.29 is 28.6 Å². The highest BCUT2D eigenvalue weighted by Crippen LogP contribution is 2.18. The molecule has 0 spiro atoms. The van der Waals surface area contributed by atoms with Gasteiger partial charge >= 0.3 is 17.9 Å². The summed E-state index contributed by atoms with van der Waals surface area (Å²) in [7, 11) is 0. The van der Waals surface area contributed by atoms with E-state index in [1.165, 1.54) is 173 Å². The molecule has 58 heavy (non-hydrogen) atoms. The summed E-state index contributed by atoms with van der Waals surface area (Å²) in [6, 6.07) is 0. The molecular formula is C52H100O6. The van der Waals surface area contributed by atoms with E-state index in [4.69, 9.17) is 14.2 Å². The maximum Gasteiger partial charge on any atom is 0.306 e. The SMILES string of the molecule is CCCCCCCCCCCCCCCCC(=O)O[C@H](COC(=O)CCCCCCCCCCCCCCCC(C)C)COC(=O)CCCCCCCCC(C)CC. The Balaban J connectivity index is 4.29. The molecule has 6 nitrogen and oxygen atoms in total. The van der Waals surface area contributed by atoms with E-state index in [1.54, 1.807) is 0 Å². The first-order valence-corrected chi connectivity index (χ1v) is 25.8. The second kappa shape index (κ2) is 44.9.